The summed E-state index contributed by atoms with van der Waals surface area (Å²) in [5.74, 6) is -0.125. The Bertz CT molecular complexity index is 1230. The lowest BCUT2D eigenvalue weighted by atomic mass is 10.0. The second-order valence-corrected chi connectivity index (χ2v) is 12.8. The molecule has 0 aliphatic carbocycles. The van der Waals surface area contributed by atoms with E-state index in [0.29, 0.717) is 0 Å². The van der Waals surface area contributed by atoms with Crippen molar-refractivity contribution in [3.8, 4) is 0 Å². The fourth-order valence-electron chi connectivity index (χ4n) is 3.45. The largest absolute Gasteiger partial charge is 0.344 e. The van der Waals surface area contributed by atoms with Crippen molar-refractivity contribution in [3.05, 3.63) is 96.1 Å². The van der Waals surface area contributed by atoms with Crippen molar-refractivity contribution >= 4 is 26.8 Å². The van der Waals surface area contributed by atoms with Crippen molar-refractivity contribution in [1.82, 2.24) is 9.62 Å². The van der Waals surface area contributed by atoms with Crippen molar-refractivity contribution in [2.75, 3.05) is 20.4 Å². The molecule has 3 aromatic carbocycles. The number of hydrogen-bond donors (Lipinski definition) is 1. The lowest BCUT2D eigenvalue weighted by Crippen LogP contribution is -2.68. The highest BCUT2D eigenvalue weighted by atomic mass is 35.7. The fraction of sp³-hybridized carbons (Fsp3) is 0.240. The minimum Gasteiger partial charge on any atom is -0.344 e. The molecule has 1 amide bonds. The van der Waals surface area contributed by atoms with E-state index in [-0.39, 0.29) is 10.8 Å². The molecule has 1 unspecified atom stereocenters. The molecule has 0 saturated heterocycles. The van der Waals surface area contributed by atoms with Gasteiger partial charge in [0.15, 0.2) is 4.90 Å². The molecule has 0 fully saturated rings. The minimum atomic E-state index is -4.94. The molecule has 3 aromatic rings. The summed E-state index contributed by atoms with van der Waals surface area (Å²) in [4.78, 5) is 16.2. The minimum absolute atomic E-state index is 0.125. The molecule has 0 aliphatic heterocycles. The third kappa shape index (κ3) is 9.72. The summed E-state index contributed by atoms with van der Waals surface area (Å²) >= 11 is 0. The van der Waals surface area contributed by atoms with Gasteiger partial charge in [-0.05, 0) is 36.8 Å². The van der Waals surface area contributed by atoms with Crippen molar-refractivity contribution in [3.63, 3.8) is 0 Å². The number of nitrogens with zero attached hydrogens (tertiary/aromatic N) is 1. The van der Waals surface area contributed by atoms with Gasteiger partial charge >= 0.3 is 0 Å². The van der Waals surface area contributed by atoms with Crippen LogP contribution in [-0.2, 0) is 25.7 Å². The number of nitrogens with one attached hydrogen (secondary N) is 1. The lowest BCUT2D eigenvalue weighted by molar-refractivity contribution is -2.00. The predicted molar refractivity (Wildman–Crippen MR) is 131 cm³/mol. The van der Waals surface area contributed by atoms with E-state index < -0.39 is 42.5 Å². The summed E-state index contributed by atoms with van der Waals surface area (Å²) < 4.78 is 63.5. The molecule has 0 saturated carbocycles. The fourth-order valence-corrected chi connectivity index (χ4v) is 6.80. The summed E-state index contributed by atoms with van der Waals surface area (Å²) in [7, 11) is -5.97. The van der Waals surface area contributed by atoms with Crippen molar-refractivity contribution in [1.29, 1.82) is 0 Å². The number of aryl methyl sites for hydroxylation is 1. The van der Waals surface area contributed by atoms with E-state index in [1.54, 1.807) is 38.4 Å². The molecule has 12 heteroatoms. The van der Waals surface area contributed by atoms with Gasteiger partial charge in [-0.2, -0.15) is 4.72 Å². The number of sulfonamides is 1. The number of halogens is 1. The van der Waals surface area contributed by atoms with Crippen molar-refractivity contribution in [2.45, 2.75) is 28.0 Å². The Morgan fingerprint density at radius 2 is 1.32 bits per heavy atom. The second-order valence-electron chi connectivity index (χ2n) is 8.22. The zero-order chi connectivity index (χ0) is 27.8. The first-order chi connectivity index (χ1) is 17.2. The van der Waals surface area contributed by atoms with Crippen LogP contribution in [-0.4, -0.2) is 44.8 Å². The van der Waals surface area contributed by atoms with Gasteiger partial charge in [-0.1, -0.05) is 66.2 Å². The summed E-state index contributed by atoms with van der Waals surface area (Å²) in [6.45, 7) is 1.91. The first kappa shape index (κ1) is 30.7. The highest BCUT2D eigenvalue weighted by Gasteiger charge is 2.45. The molecular formula is C25H29ClN2O7S2. The second kappa shape index (κ2) is 13.4. The van der Waals surface area contributed by atoms with Crippen LogP contribution in [0.25, 0.3) is 0 Å². The van der Waals surface area contributed by atoms with Crippen LogP contribution >= 0.6 is 0 Å². The normalized spacial score (nSPS) is 14.1. The highest BCUT2D eigenvalue weighted by molar-refractivity contribution is 7.97. The quantitative estimate of drug-likeness (QED) is 0.342. The monoisotopic (exact) mass is 568 g/mol. The van der Waals surface area contributed by atoms with E-state index in [4.69, 9.17) is 18.6 Å². The van der Waals surface area contributed by atoms with Crippen LogP contribution in [0.4, 0.5) is 0 Å². The van der Waals surface area contributed by atoms with Gasteiger partial charge in [-0.15, -0.1) is 10.2 Å². The summed E-state index contributed by atoms with van der Waals surface area (Å²) in [6, 6.07) is 25.1. The number of amides is 1. The first-order valence-corrected chi connectivity index (χ1v) is 15.3. The SMILES string of the molecule is Cc1ccc(S(=O)(=O)N[C@H](c2ccccc2)[C@H](C(=O)N(C)C)[S+](C)c2ccccc2)cc1.[O-][Cl+3]([O-])([O-])[O-]. The van der Waals surface area contributed by atoms with E-state index in [9.17, 15) is 13.2 Å². The van der Waals surface area contributed by atoms with Gasteiger partial charge in [0, 0.05) is 25.0 Å². The molecule has 3 atom stereocenters. The predicted octanol–water partition coefficient (Wildman–Crippen LogP) is -0.977. The molecule has 0 aromatic heterocycles. The molecule has 3 rings (SSSR count). The van der Waals surface area contributed by atoms with Crippen LogP contribution in [0.2, 0.25) is 0 Å². The number of carbonyl (C=O) groups excluding carboxylic acids is 1. The molecule has 1 N–H and O–H groups in total. The standard InChI is InChI=1S/C25H29N2O3S2.ClHO4/c1-19-15-17-22(18-16-19)32(29,30)26-23(20-11-7-5-8-12-20)24(25(28)27(2)3)31(4)21-13-9-6-10-14-21;2-1(3,4)5/h5-18,23-24,26H,1-4H3;(H,2,3,4,5)/q+1;/p-1/t23-,24-,31?;/m1./s1. The molecule has 37 heavy (non-hydrogen) atoms. The Morgan fingerprint density at radius 3 is 1.78 bits per heavy atom. The van der Waals surface area contributed by atoms with E-state index >= 15 is 0 Å². The summed E-state index contributed by atoms with van der Waals surface area (Å²) in [5.41, 5.74) is 1.72. The molecule has 0 heterocycles. The molecule has 200 valence electrons. The van der Waals surface area contributed by atoms with E-state index in [1.807, 2.05) is 73.8 Å². The molecule has 0 aliphatic rings. The van der Waals surface area contributed by atoms with Gasteiger partial charge in [-0.3, -0.25) is 4.79 Å². The Morgan fingerprint density at radius 1 is 0.865 bits per heavy atom. The Kier molecular flexibility index (Phi) is 11.1. The Balaban J connectivity index is 0.000000877. The highest BCUT2D eigenvalue weighted by Crippen LogP contribution is 2.30. The van der Waals surface area contributed by atoms with Gasteiger partial charge in [0.2, 0.25) is 15.3 Å². The Hall–Kier alpha value is -2.48. The van der Waals surface area contributed by atoms with Crippen LogP contribution < -0.4 is 23.4 Å². The van der Waals surface area contributed by atoms with E-state index in [1.165, 1.54) is 4.90 Å². The molecule has 0 radical (unpaired) electrons. The van der Waals surface area contributed by atoms with E-state index in [2.05, 4.69) is 4.72 Å². The third-order valence-electron chi connectivity index (χ3n) is 5.25. The van der Waals surface area contributed by atoms with Crippen molar-refractivity contribution in [2.24, 2.45) is 0 Å². The van der Waals surface area contributed by atoms with Gasteiger partial charge in [0.25, 0.3) is 5.91 Å². The Labute approximate surface area is 222 Å². The van der Waals surface area contributed by atoms with Crippen molar-refractivity contribution < 1.29 is 42.1 Å². The first-order valence-electron chi connectivity index (χ1n) is 10.9. The maximum absolute atomic E-state index is 13.4. The molecule has 9 nitrogen and oxygen atoms in total. The molecular weight excluding hydrogens is 540 g/mol. The number of hydrogen-bond acceptors (Lipinski definition) is 7. The smallest absolute Gasteiger partial charge is 0.277 e. The maximum atomic E-state index is 13.4. The number of carbonyl (C=O) groups is 1. The van der Waals surface area contributed by atoms with Crippen LogP contribution in [0.1, 0.15) is 17.2 Å². The maximum Gasteiger partial charge on any atom is 0.277 e. The van der Waals surface area contributed by atoms with Crippen LogP contribution in [0, 0.1) is 17.2 Å². The molecule has 0 spiro atoms. The van der Waals surface area contributed by atoms with Gasteiger partial charge < -0.3 is 4.90 Å². The number of benzene rings is 3. The zero-order valence-electron chi connectivity index (χ0n) is 20.7. The molecule has 0 bridgehead atoms. The van der Waals surface area contributed by atoms with Crippen LogP contribution in [0.5, 0.6) is 0 Å². The summed E-state index contributed by atoms with van der Waals surface area (Å²) in [5, 5.41) is -0.616. The topological polar surface area (TPSA) is 159 Å². The third-order valence-corrected chi connectivity index (χ3v) is 8.96. The average molecular weight is 569 g/mol. The van der Waals surface area contributed by atoms with Crippen LogP contribution in [0.3, 0.4) is 0 Å². The lowest BCUT2D eigenvalue weighted by Gasteiger charge is -2.28. The summed E-state index contributed by atoms with van der Waals surface area (Å²) in [6.07, 6.45) is 2.00. The number of rotatable bonds is 8. The average Bonchev–Trinajstić information content (AvgIpc) is 2.83. The van der Waals surface area contributed by atoms with Gasteiger partial charge in [-0.25, -0.2) is 27.1 Å². The van der Waals surface area contributed by atoms with Crippen LogP contribution in [0.15, 0.2) is 94.7 Å². The zero-order valence-corrected chi connectivity index (χ0v) is 23.1. The van der Waals surface area contributed by atoms with Gasteiger partial charge in [0.1, 0.15) is 12.3 Å². The van der Waals surface area contributed by atoms with E-state index in [0.717, 1.165) is 16.0 Å². The van der Waals surface area contributed by atoms with Gasteiger partial charge in [0.05, 0.1) is 4.90 Å².